The number of amides is 2. The molecule has 0 saturated heterocycles. The van der Waals surface area contributed by atoms with E-state index in [1.54, 1.807) is 31.3 Å². The summed E-state index contributed by atoms with van der Waals surface area (Å²) in [7, 11) is 1.62. The SMILES string of the molecule is CCCN(C)C(=O)N[C@@H](C(=O)O)c1ccccc1Cl. The van der Waals surface area contributed by atoms with E-state index in [0.717, 1.165) is 6.42 Å². The molecule has 0 aliphatic carbocycles. The van der Waals surface area contributed by atoms with Crippen LogP contribution in [0.3, 0.4) is 0 Å². The van der Waals surface area contributed by atoms with Gasteiger partial charge in [-0.15, -0.1) is 0 Å². The highest BCUT2D eigenvalue weighted by Gasteiger charge is 2.25. The first kappa shape index (κ1) is 15.3. The average molecular weight is 285 g/mol. The number of hydrogen-bond acceptors (Lipinski definition) is 2. The molecule has 0 radical (unpaired) electrons. The van der Waals surface area contributed by atoms with E-state index in [1.165, 1.54) is 4.90 Å². The van der Waals surface area contributed by atoms with Crippen LogP contribution in [0.5, 0.6) is 0 Å². The summed E-state index contributed by atoms with van der Waals surface area (Å²) in [6, 6.07) is 4.97. The summed E-state index contributed by atoms with van der Waals surface area (Å²) in [5.74, 6) is -1.15. The Morgan fingerprint density at radius 1 is 1.42 bits per heavy atom. The van der Waals surface area contributed by atoms with Crippen molar-refractivity contribution in [3.05, 3.63) is 34.9 Å². The van der Waals surface area contributed by atoms with Gasteiger partial charge < -0.3 is 15.3 Å². The minimum absolute atomic E-state index is 0.313. The van der Waals surface area contributed by atoms with Crippen LogP contribution in [0.1, 0.15) is 24.9 Å². The Kier molecular flexibility index (Phi) is 5.63. The highest BCUT2D eigenvalue weighted by Crippen LogP contribution is 2.23. The molecule has 0 aliphatic rings. The third-order valence-electron chi connectivity index (χ3n) is 2.64. The number of benzene rings is 1. The molecule has 0 fully saturated rings. The molecule has 2 N–H and O–H groups in total. The molecule has 5 nitrogen and oxygen atoms in total. The average Bonchev–Trinajstić information content (AvgIpc) is 2.36. The lowest BCUT2D eigenvalue weighted by molar-refractivity contribution is -0.139. The molecule has 0 aromatic heterocycles. The van der Waals surface area contributed by atoms with E-state index in [4.69, 9.17) is 11.6 Å². The number of rotatable bonds is 5. The lowest BCUT2D eigenvalue weighted by atomic mass is 10.1. The van der Waals surface area contributed by atoms with Crippen LogP contribution < -0.4 is 5.32 Å². The number of aliphatic carboxylic acids is 1. The number of nitrogens with one attached hydrogen (secondary N) is 1. The van der Waals surface area contributed by atoms with Crippen LogP contribution in [0, 0.1) is 0 Å². The van der Waals surface area contributed by atoms with Crippen LogP contribution in [0.2, 0.25) is 5.02 Å². The molecule has 1 atom stereocenters. The van der Waals surface area contributed by atoms with Gasteiger partial charge in [0.05, 0.1) is 0 Å². The Hall–Kier alpha value is -1.75. The van der Waals surface area contributed by atoms with E-state index in [9.17, 15) is 14.7 Å². The highest BCUT2D eigenvalue weighted by atomic mass is 35.5. The zero-order valence-electron chi connectivity index (χ0n) is 10.9. The van der Waals surface area contributed by atoms with Crippen molar-refractivity contribution in [1.82, 2.24) is 10.2 Å². The summed E-state index contributed by atoms with van der Waals surface area (Å²) in [6.45, 7) is 2.49. The molecule has 1 aromatic carbocycles. The van der Waals surface area contributed by atoms with Crippen molar-refractivity contribution in [1.29, 1.82) is 0 Å². The molecule has 104 valence electrons. The van der Waals surface area contributed by atoms with Crippen LogP contribution in [0.15, 0.2) is 24.3 Å². The number of halogens is 1. The topological polar surface area (TPSA) is 69.6 Å². The minimum atomic E-state index is -1.15. The first-order chi connectivity index (χ1) is 8.97. The van der Waals surface area contributed by atoms with Crippen LogP contribution in [0.25, 0.3) is 0 Å². The number of carboxylic acid groups (broad SMARTS) is 1. The quantitative estimate of drug-likeness (QED) is 0.873. The number of urea groups is 1. The van der Waals surface area contributed by atoms with Crippen molar-refractivity contribution in [2.75, 3.05) is 13.6 Å². The van der Waals surface area contributed by atoms with Crippen molar-refractivity contribution >= 4 is 23.6 Å². The van der Waals surface area contributed by atoms with Crippen LogP contribution in [-0.2, 0) is 4.79 Å². The fraction of sp³-hybridized carbons (Fsp3) is 0.385. The third kappa shape index (κ3) is 4.13. The summed E-state index contributed by atoms with van der Waals surface area (Å²) in [4.78, 5) is 24.6. The number of nitrogens with zero attached hydrogens (tertiary/aromatic N) is 1. The summed E-state index contributed by atoms with van der Waals surface area (Å²) >= 11 is 5.96. The molecule has 6 heteroatoms. The normalized spacial score (nSPS) is 11.7. The summed E-state index contributed by atoms with van der Waals surface area (Å²) < 4.78 is 0. The van der Waals surface area contributed by atoms with E-state index in [0.29, 0.717) is 17.1 Å². The lowest BCUT2D eigenvalue weighted by Gasteiger charge is -2.21. The number of carbonyl (C=O) groups is 2. The van der Waals surface area contributed by atoms with E-state index >= 15 is 0 Å². The molecule has 2 amide bonds. The van der Waals surface area contributed by atoms with E-state index in [2.05, 4.69) is 5.32 Å². The standard InChI is InChI=1S/C13H17ClN2O3/c1-3-8-16(2)13(19)15-11(12(17)18)9-6-4-5-7-10(9)14/h4-7,11H,3,8H2,1-2H3,(H,15,19)(H,17,18)/t11-/m1/s1. The van der Waals surface area contributed by atoms with Gasteiger partial charge in [0.15, 0.2) is 6.04 Å². The molecule has 0 spiro atoms. The monoisotopic (exact) mass is 284 g/mol. The van der Waals surface area contributed by atoms with Crippen LogP contribution in [-0.4, -0.2) is 35.6 Å². The van der Waals surface area contributed by atoms with Crippen molar-refractivity contribution in [3.8, 4) is 0 Å². The van der Waals surface area contributed by atoms with Crippen molar-refractivity contribution in [3.63, 3.8) is 0 Å². The maximum Gasteiger partial charge on any atom is 0.331 e. The molecule has 1 rings (SSSR count). The molecule has 0 bridgehead atoms. The molecule has 0 unspecified atom stereocenters. The smallest absolute Gasteiger partial charge is 0.331 e. The second-order valence-electron chi connectivity index (χ2n) is 4.16. The maximum atomic E-state index is 11.8. The van der Waals surface area contributed by atoms with Gasteiger partial charge in [-0.05, 0) is 12.5 Å². The zero-order chi connectivity index (χ0) is 14.4. The Balaban J connectivity index is 2.89. The predicted octanol–water partition coefficient (Wildman–Crippen LogP) is 2.52. The first-order valence-corrected chi connectivity index (χ1v) is 6.34. The van der Waals surface area contributed by atoms with Crippen LogP contribution >= 0.6 is 11.6 Å². The number of carbonyl (C=O) groups excluding carboxylic acids is 1. The first-order valence-electron chi connectivity index (χ1n) is 5.96. The summed E-state index contributed by atoms with van der Waals surface area (Å²) in [5.41, 5.74) is 0.370. The molecular weight excluding hydrogens is 268 g/mol. The molecule has 0 saturated carbocycles. The van der Waals surface area contributed by atoms with Gasteiger partial charge in [0.2, 0.25) is 0 Å². The van der Waals surface area contributed by atoms with Gasteiger partial charge in [0.25, 0.3) is 0 Å². The number of carboxylic acids is 1. The Bertz CT molecular complexity index is 465. The van der Waals surface area contributed by atoms with Gasteiger partial charge in [-0.2, -0.15) is 0 Å². The van der Waals surface area contributed by atoms with Gasteiger partial charge in [-0.1, -0.05) is 36.7 Å². The molecule has 0 aliphatic heterocycles. The zero-order valence-corrected chi connectivity index (χ0v) is 11.6. The van der Waals surface area contributed by atoms with E-state index < -0.39 is 18.0 Å². The van der Waals surface area contributed by atoms with Crippen molar-refractivity contribution < 1.29 is 14.7 Å². The fourth-order valence-corrected chi connectivity index (χ4v) is 1.90. The third-order valence-corrected chi connectivity index (χ3v) is 2.98. The Labute approximate surface area is 117 Å². The second kappa shape index (κ2) is 6.99. The molecule has 1 aromatic rings. The van der Waals surface area contributed by atoms with Gasteiger partial charge in [0.1, 0.15) is 0 Å². The van der Waals surface area contributed by atoms with Crippen molar-refractivity contribution in [2.24, 2.45) is 0 Å². The largest absolute Gasteiger partial charge is 0.479 e. The van der Waals surface area contributed by atoms with Gasteiger partial charge in [-0.25, -0.2) is 9.59 Å². The van der Waals surface area contributed by atoms with E-state index in [1.807, 2.05) is 6.92 Å². The molecule has 0 heterocycles. The van der Waals surface area contributed by atoms with Gasteiger partial charge >= 0.3 is 12.0 Å². The Morgan fingerprint density at radius 2 is 2.05 bits per heavy atom. The van der Waals surface area contributed by atoms with Gasteiger partial charge in [0, 0.05) is 24.2 Å². The Morgan fingerprint density at radius 3 is 2.58 bits per heavy atom. The minimum Gasteiger partial charge on any atom is -0.479 e. The van der Waals surface area contributed by atoms with Crippen LogP contribution in [0.4, 0.5) is 4.79 Å². The predicted molar refractivity (Wildman–Crippen MR) is 73.3 cm³/mol. The summed E-state index contributed by atoms with van der Waals surface area (Å²) in [6.07, 6.45) is 0.799. The number of hydrogen-bond donors (Lipinski definition) is 2. The van der Waals surface area contributed by atoms with Gasteiger partial charge in [-0.3, -0.25) is 0 Å². The fourth-order valence-electron chi connectivity index (χ4n) is 1.65. The molecule has 19 heavy (non-hydrogen) atoms. The van der Waals surface area contributed by atoms with Crippen molar-refractivity contribution in [2.45, 2.75) is 19.4 Å². The maximum absolute atomic E-state index is 11.8. The molecular formula is C13H17ClN2O3. The van der Waals surface area contributed by atoms with E-state index in [-0.39, 0.29) is 0 Å². The second-order valence-corrected chi connectivity index (χ2v) is 4.57. The summed E-state index contributed by atoms with van der Waals surface area (Å²) in [5, 5.41) is 12.0. The highest BCUT2D eigenvalue weighted by molar-refractivity contribution is 6.31. The lowest BCUT2D eigenvalue weighted by Crippen LogP contribution is -2.42.